The van der Waals surface area contributed by atoms with Gasteiger partial charge in [-0.2, -0.15) is 5.10 Å². The third-order valence-electron chi connectivity index (χ3n) is 4.91. The normalized spacial score (nSPS) is 17.7. The monoisotopic (exact) mass is 397 g/mol. The van der Waals surface area contributed by atoms with E-state index >= 15 is 0 Å². The molecule has 1 atom stereocenters. The molecule has 1 aliphatic rings. The minimum Gasteiger partial charge on any atom is -0.369 e. The van der Waals surface area contributed by atoms with E-state index < -0.39 is 0 Å². The van der Waals surface area contributed by atoms with Crippen LogP contribution in [0, 0.1) is 0 Å². The van der Waals surface area contributed by atoms with Gasteiger partial charge in [0, 0.05) is 54.1 Å². The summed E-state index contributed by atoms with van der Waals surface area (Å²) in [6.07, 6.45) is 5.93. The maximum atomic E-state index is 4.53. The molecule has 3 aromatic rings. The zero-order valence-electron chi connectivity index (χ0n) is 14.1. The second-order valence-electron chi connectivity index (χ2n) is 6.40. The lowest BCUT2D eigenvalue weighted by atomic mass is 10.0. The first-order chi connectivity index (χ1) is 12.2. The average Bonchev–Trinajstić information content (AvgIpc) is 2.68. The van der Waals surface area contributed by atoms with E-state index in [-0.39, 0.29) is 0 Å². The van der Waals surface area contributed by atoms with Crippen LogP contribution in [0.1, 0.15) is 12.8 Å². The maximum Gasteiger partial charge on any atom is 0.151 e. The Balaban J connectivity index is 1.63. The number of rotatable bonds is 3. The van der Waals surface area contributed by atoms with Crippen molar-refractivity contribution in [2.45, 2.75) is 18.9 Å². The van der Waals surface area contributed by atoms with Crippen molar-refractivity contribution >= 4 is 38.3 Å². The number of hydrogen-bond donors (Lipinski definition) is 0. The molecule has 4 rings (SSSR count). The number of para-hydroxylation sites is 1. The molecule has 1 aromatic carbocycles. The van der Waals surface area contributed by atoms with Gasteiger partial charge in [-0.3, -0.25) is 4.98 Å². The highest BCUT2D eigenvalue weighted by Crippen LogP contribution is 2.32. The van der Waals surface area contributed by atoms with Crippen molar-refractivity contribution in [1.29, 1.82) is 0 Å². The van der Waals surface area contributed by atoms with Crippen molar-refractivity contribution in [2.75, 3.05) is 29.9 Å². The van der Waals surface area contributed by atoms with Gasteiger partial charge in [0.1, 0.15) is 0 Å². The fourth-order valence-electron chi connectivity index (χ4n) is 3.57. The number of likely N-dealkylation sites (N-methyl/N-ethyl adjacent to an activating group) is 1. The predicted octanol–water partition coefficient (Wildman–Crippen LogP) is 3.89. The van der Waals surface area contributed by atoms with Gasteiger partial charge in [-0.15, -0.1) is 5.10 Å². The van der Waals surface area contributed by atoms with Gasteiger partial charge >= 0.3 is 0 Å². The number of fused-ring (bicyclic) bond motifs is 1. The molecule has 128 valence electrons. The van der Waals surface area contributed by atoms with E-state index in [0.717, 1.165) is 35.3 Å². The van der Waals surface area contributed by atoms with E-state index in [9.17, 15) is 0 Å². The molecule has 3 heterocycles. The van der Waals surface area contributed by atoms with Crippen molar-refractivity contribution in [2.24, 2.45) is 0 Å². The van der Waals surface area contributed by atoms with E-state index in [1.807, 2.05) is 24.4 Å². The van der Waals surface area contributed by atoms with E-state index in [1.165, 1.54) is 17.5 Å². The molecule has 5 nitrogen and oxygen atoms in total. The van der Waals surface area contributed by atoms with Gasteiger partial charge < -0.3 is 9.80 Å². The molecule has 0 bridgehead atoms. The van der Waals surface area contributed by atoms with Crippen LogP contribution in [-0.2, 0) is 0 Å². The molecule has 2 aromatic heterocycles. The summed E-state index contributed by atoms with van der Waals surface area (Å²) in [5.74, 6) is 0.961. The highest BCUT2D eigenvalue weighted by Gasteiger charge is 2.25. The fraction of sp³-hybridized carbons (Fsp3) is 0.316. The quantitative estimate of drug-likeness (QED) is 0.670. The number of benzene rings is 1. The molecule has 0 radical (unpaired) electrons. The predicted molar refractivity (Wildman–Crippen MR) is 105 cm³/mol. The first-order valence-electron chi connectivity index (χ1n) is 8.53. The van der Waals surface area contributed by atoms with Crippen LogP contribution in [0.15, 0.2) is 53.3 Å². The maximum absolute atomic E-state index is 4.53. The van der Waals surface area contributed by atoms with Gasteiger partial charge in [-0.05, 0) is 53.0 Å². The van der Waals surface area contributed by atoms with Crippen LogP contribution in [0.2, 0.25) is 0 Å². The first kappa shape index (κ1) is 16.3. The molecule has 0 saturated carbocycles. The van der Waals surface area contributed by atoms with Crippen molar-refractivity contribution < 1.29 is 0 Å². The lowest BCUT2D eigenvalue weighted by Crippen LogP contribution is -2.47. The van der Waals surface area contributed by atoms with Crippen LogP contribution in [0.25, 0.3) is 10.9 Å². The molecule has 1 saturated heterocycles. The summed E-state index contributed by atoms with van der Waals surface area (Å²) in [7, 11) is 2.18. The van der Waals surface area contributed by atoms with Crippen molar-refractivity contribution in [3.8, 4) is 0 Å². The van der Waals surface area contributed by atoms with Gasteiger partial charge in [0.15, 0.2) is 5.82 Å². The van der Waals surface area contributed by atoms with Crippen molar-refractivity contribution in [1.82, 2.24) is 15.2 Å². The molecule has 1 unspecified atom stereocenters. The van der Waals surface area contributed by atoms with Crippen LogP contribution in [-0.4, -0.2) is 41.4 Å². The molecular formula is C19H20BrN5. The summed E-state index contributed by atoms with van der Waals surface area (Å²) in [6, 6.07) is 12.8. The van der Waals surface area contributed by atoms with Crippen LogP contribution >= 0.6 is 15.9 Å². The largest absolute Gasteiger partial charge is 0.369 e. The van der Waals surface area contributed by atoms with Crippen molar-refractivity contribution in [3.63, 3.8) is 0 Å². The Morgan fingerprint density at radius 2 is 2.08 bits per heavy atom. The van der Waals surface area contributed by atoms with Crippen LogP contribution < -0.4 is 9.80 Å². The Kier molecular flexibility index (Phi) is 4.53. The highest BCUT2D eigenvalue weighted by atomic mass is 79.9. The zero-order valence-corrected chi connectivity index (χ0v) is 15.7. The van der Waals surface area contributed by atoms with Crippen LogP contribution in [0.3, 0.4) is 0 Å². The summed E-state index contributed by atoms with van der Waals surface area (Å²) >= 11 is 3.61. The summed E-state index contributed by atoms with van der Waals surface area (Å²) in [5, 5.41) is 9.47. The van der Waals surface area contributed by atoms with Crippen LogP contribution in [0.5, 0.6) is 0 Å². The number of halogens is 1. The zero-order chi connectivity index (χ0) is 17.2. The number of piperidine rings is 1. The smallest absolute Gasteiger partial charge is 0.151 e. The average molecular weight is 398 g/mol. The molecule has 0 spiro atoms. The Morgan fingerprint density at radius 3 is 2.92 bits per heavy atom. The SMILES string of the molecule is CN(c1ccnc2c(Br)cccc12)C1CCCN(c2cccnn2)C1. The minimum absolute atomic E-state index is 0.431. The Bertz CT molecular complexity index is 870. The third kappa shape index (κ3) is 3.18. The summed E-state index contributed by atoms with van der Waals surface area (Å²) in [6.45, 7) is 1.98. The van der Waals surface area contributed by atoms with E-state index in [4.69, 9.17) is 0 Å². The first-order valence-corrected chi connectivity index (χ1v) is 9.32. The second-order valence-corrected chi connectivity index (χ2v) is 7.26. The summed E-state index contributed by atoms with van der Waals surface area (Å²) < 4.78 is 1.03. The molecule has 0 N–H and O–H groups in total. The number of pyridine rings is 1. The Labute approximate surface area is 155 Å². The standard InChI is InChI=1S/C19H20BrN5/c1-24(17-9-11-21-19-15(17)6-2-7-16(19)20)14-5-4-12-25(13-14)18-8-3-10-22-23-18/h2-3,6-11,14H,4-5,12-13H2,1H3. The lowest BCUT2D eigenvalue weighted by molar-refractivity contribution is 0.485. The van der Waals surface area contributed by atoms with Gasteiger partial charge in [0.2, 0.25) is 0 Å². The van der Waals surface area contributed by atoms with Crippen molar-refractivity contribution in [3.05, 3.63) is 53.3 Å². The van der Waals surface area contributed by atoms with E-state index in [0.29, 0.717) is 6.04 Å². The Hall–Kier alpha value is -2.21. The number of hydrogen-bond acceptors (Lipinski definition) is 5. The Morgan fingerprint density at radius 1 is 1.16 bits per heavy atom. The molecule has 0 aliphatic carbocycles. The van der Waals surface area contributed by atoms with E-state index in [1.54, 1.807) is 6.20 Å². The third-order valence-corrected chi connectivity index (χ3v) is 5.55. The number of nitrogens with zero attached hydrogens (tertiary/aromatic N) is 5. The number of anilines is 2. The summed E-state index contributed by atoms with van der Waals surface area (Å²) in [4.78, 5) is 9.25. The molecule has 1 fully saturated rings. The molecule has 25 heavy (non-hydrogen) atoms. The second kappa shape index (κ2) is 6.96. The topological polar surface area (TPSA) is 45.2 Å². The van der Waals surface area contributed by atoms with Gasteiger partial charge in [0.25, 0.3) is 0 Å². The van der Waals surface area contributed by atoms with Gasteiger partial charge in [-0.25, -0.2) is 0 Å². The lowest BCUT2D eigenvalue weighted by Gasteiger charge is -2.39. The summed E-state index contributed by atoms with van der Waals surface area (Å²) in [5.41, 5.74) is 2.23. The van der Waals surface area contributed by atoms with Gasteiger partial charge in [-0.1, -0.05) is 12.1 Å². The highest BCUT2D eigenvalue weighted by molar-refractivity contribution is 9.10. The molecule has 1 aliphatic heterocycles. The molecule has 6 heteroatoms. The van der Waals surface area contributed by atoms with E-state index in [2.05, 4.69) is 66.2 Å². The number of aromatic nitrogens is 3. The van der Waals surface area contributed by atoms with Gasteiger partial charge in [0.05, 0.1) is 5.52 Å². The molecule has 0 amide bonds. The minimum atomic E-state index is 0.431. The molecular weight excluding hydrogens is 378 g/mol. The fourth-order valence-corrected chi connectivity index (χ4v) is 4.04. The van der Waals surface area contributed by atoms with Crippen LogP contribution in [0.4, 0.5) is 11.5 Å².